The van der Waals surface area contributed by atoms with E-state index in [-0.39, 0.29) is 11.8 Å². The van der Waals surface area contributed by atoms with E-state index in [9.17, 15) is 9.59 Å². The van der Waals surface area contributed by atoms with Crippen LogP contribution >= 0.6 is 11.6 Å². The minimum atomic E-state index is -0.773. The molecule has 0 radical (unpaired) electrons. The van der Waals surface area contributed by atoms with Gasteiger partial charge < -0.3 is 5.32 Å². The zero-order valence-electron chi connectivity index (χ0n) is 18.9. The zero-order valence-corrected chi connectivity index (χ0v) is 19.6. The predicted octanol–water partition coefficient (Wildman–Crippen LogP) is 4.79. The van der Waals surface area contributed by atoms with Gasteiger partial charge in [0.05, 0.1) is 0 Å². The fourth-order valence-corrected chi connectivity index (χ4v) is 4.10. The first-order valence-corrected chi connectivity index (χ1v) is 11.4. The van der Waals surface area contributed by atoms with Crippen molar-refractivity contribution < 1.29 is 14.3 Å². The second-order valence-corrected chi connectivity index (χ2v) is 9.09. The Morgan fingerprint density at radius 2 is 1.76 bits per heavy atom. The Balaban J connectivity index is 1.69. The molecule has 33 heavy (non-hydrogen) atoms. The van der Waals surface area contributed by atoms with Gasteiger partial charge in [0.25, 0.3) is 5.91 Å². The summed E-state index contributed by atoms with van der Waals surface area (Å²) in [5.74, 6) is -0.125. The molecule has 2 amide bonds. The van der Waals surface area contributed by atoms with Crippen LogP contribution < -0.4 is 10.7 Å². The smallest absolute Gasteiger partial charge is 0.304 e. The van der Waals surface area contributed by atoms with E-state index < -0.39 is 12.1 Å². The molecule has 6 heteroatoms. The zero-order chi connectivity index (χ0) is 23.5. The van der Waals surface area contributed by atoms with E-state index in [1.54, 1.807) is 28.9 Å². The van der Waals surface area contributed by atoms with Gasteiger partial charge in [-0.1, -0.05) is 67.4 Å². The van der Waals surface area contributed by atoms with Crippen molar-refractivity contribution in [2.75, 3.05) is 0 Å². The Kier molecular flexibility index (Phi) is 6.61. The van der Waals surface area contributed by atoms with E-state index in [0.29, 0.717) is 16.5 Å². The van der Waals surface area contributed by atoms with E-state index in [1.165, 1.54) is 5.56 Å². The number of rotatable bonds is 5. The average molecular weight is 461 g/mol. The summed E-state index contributed by atoms with van der Waals surface area (Å²) in [6.45, 7) is 6.23. The molecule has 0 spiro atoms. The van der Waals surface area contributed by atoms with Gasteiger partial charge in [-0.15, -0.1) is 10.1 Å². The van der Waals surface area contributed by atoms with Crippen molar-refractivity contribution in [3.8, 4) is 0 Å². The lowest BCUT2D eigenvalue weighted by atomic mass is 9.99. The number of hydrogen-bond acceptors (Lipinski definition) is 2. The van der Waals surface area contributed by atoms with Crippen molar-refractivity contribution in [2.24, 2.45) is 0 Å². The van der Waals surface area contributed by atoms with Crippen LogP contribution in [0.25, 0.3) is 0 Å². The van der Waals surface area contributed by atoms with Gasteiger partial charge in [0.1, 0.15) is 0 Å². The molecule has 2 N–H and O–H groups in total. The van der Waals surface area contributed by atoms with Gasteiger partial charge in [-0.05, 0) is 54.8 Å². The lowest BCUT2D eigenvalue weighted by molar-refractivity contribution is -0.596. The van der Waals surface area contributed by atoms with Gasteiger partial charge in [-0.25, -0.2) is 0 Å². The number of carbonyl (C=O) groups excluding carboxylic acids is 2. The summed E-state index contributed by atoms with van der Waals surface area (Å²) >= 11 is 6.10. The summed E-state index contributed by atoms with van der Waals surface area (Å²) in [6.07, 6.45) is 1.89. The number of hydrogen-bond donors (Lipinski definition) is 2. The van der Waals surface area contributed by atoms with E-state index in [0.717, 1.165) is 16.7 Å². The molecule has 1 aliphatic rings. The molecule has 0 saturated carbocycles. The SMILES string of the molecule is Cc1cccc(C(=O)N[C@H]2C(=O)N/[N+](=C\c3ccc(C(C)C)cc3)[C@@H]2c2ccc(Cl)cc2)c1. The molecule has 0 unspecified atom stereocenters. The van der Waals surface area contributed by atoms with Crippen molar-refractivity contribution in [2.45, 2.75) is 38.8 Å². The number of hydrazine groups is 1. The highest BCUT2D eigenvalue weighted by molar-refractivity contribution is 6.30. The first kappa shape index (κ1) is 22.7. The average Bonchev–Trinajstić information content (AvgIpc) is 3.09. The normalized spacial score (nSPS) is 19.1. The van der Waals surface area contributed by atoms with Crippen molar-refractivity contribution in [1.82, 2.24) is 10.7 Å². The molecule has 168 valence electrons. The Morgan fingerprint density at radius 1 is 1.06 bits per heavy atom. The maximum Gasteiger partial charge on any atom is 0.304 e. The third-order valence-corrected chi connectivity index (χ3v) is 6.06. The number of aryl methyl sites for hydroxylation is 1. The van der Waals surface area contributed by atoms with E-state index >= 15 is 0 Å². The van der Waals surface area contributed by atoms with E-state index in [1.807, 2.05) is 49.5 Å². The Bertz CT molecular complexity index is 1200. The fourth-order valence-electron chi connectivity index (χ4n) is 3.98. The van der Waals surface area contributed by atoms with Crippen LogP contribution in [0.15, 0.2) is 72.8 Å². The van der Waals surface area contributed by atoms with Crippen LogP contribution in [0.3, 0.4) is 0 Å². The van der Waals surface area contributed by atoms with Crippen LogP contribution in [-0.4, -0.2) is 28.8 Å². The third-order valence-electron chi connectivity index (χ3n) is 5.81. The van der Waals surface area contributed by atoms with Gasteiger partial charge in [0.2, 0.25) is 12.3 Å². The fraction of sp³-hybridized carbons (Fsp3) is 0.222. The van der Waals surface area contributed by atoms with Gasteiger partial charge in [0, 0.05) is 21.7 Å². The molecule has 5 nitrogen and oxygen atoms in total. The van der Waals surface area contributed by atoms with Crippen molar-refractivity contribution >= 4 is 29.6 Å². The van der Waals surface area contributed by atoms with Gasteiger partial charge in [-0.3, -0.25) is 9.59 Å². The Morgan fingerprint density at radius 3 is 2.39 bits per heavy atom. The largest absolute Gasteiger partial charge is 0.334 e. The topological polar surface area (TPSA) is 61.2 Å². The van der Waals surface area contributed by atoms with Gasteiger partial charge in [-0.2, -0.15) is 0 Å². The summed E-state index contributed by atoms with van der Waals surface area (Å²) in [5.41, 5.74) is 7.47. The molecule has 0 aromatic heterocycles. The molecule has 2 atom stereocenters. The highest BCUT2D eigenvalue weighted by Crippen LogP contribution is 2.27. The van der Waals surface area contributed by atoms with Crippen LogP contribution in [0.4, 0.5) is 0 Å². The van der Waals surface area contributed by atoms with Crippen LogP contribution in [0.1, 0.15) is 58.4 Å². The highest BCUT2D eigenvalue weighted by Gasteiger charge is 2.47. The molecular weight excluding hydrogens is 434 g/mol. The maximum absolute atomic E-state index is 13.0. The summed E-state index contributed by atoms with van der Waals surface area (Å²) in [6, 6.07) is 21.6. The predicted molar refractivity (Wildman–Crippen MR) is 131 cm³/mol. The number of nitrogens with one attached hydrogen (secondary N) is 2. The molecule has 0 aliphatic carbocycles. The van der Waals surface area contributed by atoms with Crippen molar-refractivity contribution in [3.05, 3.63) is 106 Å². The second kappa shape index (κ2) is 9.59. The lowest BCUT2D eigenvalue weighted by Gasteiger charge is -2.15. The number of halogens is 1. The van der Waals surface area contributed by atoms with Crippen molar-refractivity contribution in [3.63, 3.8) is 0 Å². The van der Waals surface area contributed by atoms with Crippen LogP contribution in [0.5, 0.6) is 0 Å². The van der Waals surface area contributed by atoms with Crippen LogP contribution in [0.2, 0.25) is 5.02 Å². The van der Waals surface area contributed by atoms with Gasteiger partial charge in [0.15, 0.2) is 6.04 Å². The number of benzene rings is 3. The second-order valence-electron chi connectivity index (χ2n) is 8.65. The minimum absolute atomic E-state index is 0.272. The molecule has 1 aliphatic heterocycles. The molecule has 4 rings (SSSR count). The van der Waals surface area contributed by atoms with E-state index in [2.05, 4.69) is 36.7 Å². The van der Waals surface area contributed by atoms with Crippen molar-refractivity contribution in [1.29, 1.82) is 0 Å². The molecular formula is C27H27ClN3O2+. The molecule has 1 saturated heterocycles. The number of nitrogens with zero attached hydrogens (tertiary/aromatic N) is 1. The standard InChI is InChI=1S/C27H26ClN3O2/c1-17(2)20-9-7-19(8-10-20)16-31-25(21-11-13-23(28)14-12-21)24(27(33)30-31)29-26(32)22-6-4-5-18(3)15-22/h4-17,24-25H,1-3H3,(H-,29,30,32,33)/p+1/b31-16-/t24-,25-/m1/s1. The maximum atomic E-state index is 13.0. The van der Waals surface area contributed by atoms with Crippen LogP contribution in [-0.2, 0) is 4.79 Å². The first-order valence-electron chi connectivity index (χ1n) is 11.0. The Hall–Kier alpha value is -3.44. The van der Waals surface area contributed by atoms with Gasteiger partial charge >= 0.3 is 5.91 Å². The van der Waals surface area contributed by atoms with Crippen LogP contribution in [0, 0.1) is 6.92 Å². The Labute approximate surface area is 199 Å². The molecule has 3 aromatic carbocycles. The summed E-state index contributed by atoms with van der Waals surface area (Å²) in [4.78, 5) is 25.9. The monoisotopic (exact) mass is 460 g/mol. The highest BCUT2D eigenvalue weighted by atomic mass is 35.5. The minimum Gasteiger partial charge on any atom is -0.334 e. The number of hydrazone groups is 1. The first-order chi connectivity index (χ1) is 15.8. The summed E-state index contributed by atoms with van der Waals surface area (Å²) in [5, 5.41) is 3.54. The summed E-state index contributed by atoms with van der Waals surface area (Å²) < 4.78 is 1.76. The number of amides is 2. The summed E-state index contributed by atoms with van der Waals surface area (Å²) in [7, 11) is 0. The van der Waals surface area contributed by atoms with E-state index in [4.69, 9.17) is 11.6 Å². The lowest BCUT2D eigenvalue weighted by Crippen LogP contribution is -2.42. The molecule has 1 fully saturated rings. The quantitative estimate of drug-likeness (QED) is 0.538. The molecule has 0 bridgehead atoms. The molecule has 1 heterocycles. The number of carbonyl (C=O) groups is 2. The molecule has 3 aromatic rings. The third kappa shape index (κ3) is 5.15.